The molecule has 0 fully saturated rings. The van der Waals surface area contributed by atoms with Crippen molar-refractivity contribution in [1.29, 1.82) is 0 Å². The van der Waals surface area contributed by atoms with Crippen molar-refractivity contribution in [2.24, 2.45) is 10.2 Å². The Labute approximate surface area is 192 Å². The molecule has 0 spiro atoms. The van der Waals surface area contributed by atoms with E-state index in [1.54, 1.807) is 31.2 Å². The minimum absolute atomic E-state index is 0. The molecule has 12 heteroatoms. The van der Waals surface area contributed by atoms with E-state index in [4.69, 9.17) is 23.2 Å². The first-order valence-electron chi connectivity index (χ1n) is 7.42. The average molecular weight is 449 g/mol. The zero-order chi connectivity index (χ0) is 19.8. The third kappa shape index (κ3) is 4.74. The van der Waals surface area contributed by atoms with E-state index in [0.29, 0.717) is 11.4 Å². The van der Waals surface area contributed by atoms with Crippen LogP contribution in [0, 0.1) is 6.92 Å². The number of aromatic nitrogens is 2. The van der Waals surface area contributed by atoms with Crippen molar-refractivity contribution >= 4 is 44.7 Å². The van der Waals surface area contributed by atoms with Gasteiger partial charge in [0.15, 0.2) is 5.69 Å². The van der Waals surface area contributed by atoms with Crippen LogP contribution in [-0.2, 0) is 10.1 Å². The summed E-state index contributed by atoms with van der Waals surface area (Å²) in [6.45, 7) is 1.61. The first-order chi connectivity index (χ1) is 12.7. The zero-order valence-corrected chi connectivity index (χ0v) is 19.0. The topological polar surface area (TPSA) is 120 Å². The van der Waals surface area contributed by atoms with Crippen LogP contribution in [0.1, 0.15) is 5.69 Å². The van der Waals surface area contributed by atoms with Gasteiger partial charge in [0.2, 0.25) is 0 Å². The van der Waals surface area contributed by atoms with Gasteiger partial charge in [-0.2, -0.15) is 5.11 Å². The van der Waals surface area contributed by atoms with Crippen molar-refractivity contribution in [2.45, 2.75) is 11.8 Å². The summed E-state index contributed by atoms with van der Waals surface area (Å²) in [4.78, 5) is 12.0. The quantitative estimate of drug-likeness (QED) is 0.365. The minimum Gasteiger partial charge on any atom is -0.744 e. The molecule has 1 heterocycles. The van der Waals surface area contributed by atoms with E-state index in [0.717, 1.165) is 16.8 Å². The van der Waals surface area contributed by atoms with Gasteiger partial charge >= 0.3 is 29.6 Å². The molecule has 0 radical (unpaired) electrons. The third-order valence-electron chi connectivity index (χ3n) is 3.57. The molecule has 0 aliphatic rings. The van der Waals surface area contributed by atoms with Crippen LogP contribution >= 0.6 is 23.2 Å². The van der Waals surface area contributed by atoms with Gasteiger partial charge in [-0.05, 0) is 31.2 Å². The van der Waals surface area contributed by atoms with Crippen LogP contribution in [0.5, 0.6) is 0 Å². The fourth-order valence-corrected chi connectivity index (χ4v) is 3.62. The molecule has 0 bridgehead atoms. The molecule has 0 unspecified atom stereocenters. The summed E-state index contributed by atoms with van der Waals surface area (Å²) in [5.41, 5.74) is 0.528. The number of H-pyrrole nitrogens is 1. The number of aryl methyl sites for hydroxylation is 1. The summed E-state index contributed by atoms with van der Waals surface area (Å²) >= 11 is 11.9. The van der Waals surface area contributed by atoms with Gasteiger partial charge in [-0.25, -0.2) is 13.1 Å². The van der Waals surface area contributed by atoms with Gasteiger partial charge in [-0.3, -0.25) is 9.89 Å². The SMILES string of the molecule is Cc1[nH]n(-c2cc(Cl)c(S(=O)(=O)[O-])cc2Cl)c(=O)c1N=Nc1ccccc1.[Na+]. The van der Waals surface area contributed by atoms with Crippen molar-refractivity contribution in [2.75, 3.05) is 0 Å². The molecule has 0 saturated carbocycles. The number of nitrogens with zero attached hydrogens (tertiary/aromatic N) is 3. The Morgan fingerprint density at radius 3 is 2.32 bits per heavy atom. The zero-order valence-electron chi connectivity index (χ0n) is 14.7. The number of halogens is 2. The number of nitrogens with one attached hydrogen (secondary N) is 1. The van der Waals surface area contributed by atoms with Gasteiger partial charge in [-0.15, -0.1) is 5.11 Å². The summed E-state index contributed by atoms with van der Waals surface area (Å²) in [6, 6.07) is 10.9. The smallest absolute Gasteiger partial charge is 0.744 e. The fourth-order valence-electron chi connectivity index (χ4n) is 2.31. The molecule has 140 valence electrons. The second-order valence-electron chi connectivity index (χ2n) is 5.45. The van der Waals surface area contributed by atoms with Crippen molar-refractivity contribution in [1.82, 2.24) is 9.78 Å². The van der Waals surface area contributed by atoms with Crippen LogP contribution in [0.2, 0.25) is 10.0 Å². The molecule has 0 saturated heterocycles. The molecule has 1 N–H and O–H groups in total. The molecular formula is C16H11Cl2N4NaO4S. The predicted molar refractivity (Wildman–Crippen MR) is 99.7 cm³/mol. The Morgan fingerprint density at radius 1 is 1.07 bits per heavy atom. The average Bonchev–Trinajstić information content (AvgIpc) is 2.89. The van der Waals surface area contributed by atoms with Gasteiger partial charge in [0, 0.05) is 0 Å². The molecule has 0 aliphatic carbocycles. The van der Waals surface area contributed by atoms with Crippen LogP contribution in [0.3, 0.4) is 0 Å². The molecule has 3 aromatic rings. The summed E-state index contributed by atoms with van der Waals surface area (Å²) in [6.07, 6.45) is 0. The summed E-state index contributed by atoms with van der Waals surface area (Å²) in [5, 5.41) is 10.2. The Hall–Kier alpha value is -1.46. The normalized spacial score (nSPS) is 11.6. The van der Waals surface area contributed by atoms with Crippen molar-refractivity contribution in [3.8, 4) is 5.69 Å². The third-order valence-corrected chi connectivity index (χ3v) is 5.18. The van der Waals surface area contributed by atoms with Crippen LogP contribution in [0.4, 0.5) is 11.4 Å². The van der Waals surface area contributed by atoms with E-state index >= 15 is 0 Å². The van der Waals surface area contributed by atoms with Crippen molar-refractivity contribution < 1.29 is 42.5 Å². The van der Waals surface area contributed by atoms with E-state index in [1.807, 2.05) is 6.07 Å². The molecular weight excluding hydrogens is 438 g/mol. The molecule has 8 nitrogen and oxygen atoms in total. The Kier molecular flexibility index (Phi) is 7.27. The van der Waals surface area contributed by atoms with E-state index in [-0.39, 0.29) is 51.0 Å². The number of hydrogen-bond donors (Lipinski definition) is 1. The number of hydrogen-bond acceptors (Lipinski definition) is 6. The Balaban J connectivity index is 0.00000280. The van der Waals surface area contributed by atoms with Crippen LogP contribution < -0.4 is 35.1 Å². The Bertz CT molecular complexity index is 1210. The molecule has 28 heavy (non-hydrogen) atoms. The van der Waals surface area contributed by atoms with Gasteiger partial charge in [0.1, 0.15) is 10.1 Å². The fraction of sp³-hybridized carbons (Fsp3) is 0.0625. The second kappa shape index (κ2) is 8.91. The van der Waals surface area contributed by atoms with E-state index in [1.165, 1.54) is 0 Å². The maximum Gasteiger partial charge on any atom is 1.00 e. The first-order valence-corrected chi connectivity index (χ1v) is 9.58. The van der Waals surface area contributed by atoms with Crippen LogP contribution in [-0.4, -0.2) is 22.8 Å². The second-order valence-corrected chi connectivity index (χ2v) is 7.61. The number of benzene rings is 2. The summed E-state index contributed by atoms with van der Waals surface area (Å²) in [5.74, 6) is 0. The predicted octanol–water partition coefficient (Wildman–Crippen LogP) is 1.10. The monoisotopic (exact) mass is 448 g/mol. The van der Waals surface area contributed by atoms with Gasteiger partial charge in [-0.1, -0.05) is 41.4 Å². The molecule has 0 atom stereocenters. The molecule has 3 rings (SSSR count). The molecule has 1 aromatic heterocycles. The summed E-state index contributed by atoms with van der Waals surface area (Å²) in [7, 11) is -4.80. The standard InChI is InChI=1S/C16H12Cl2N4O4S.Na/c1-9-15(20-19-10-5-3-2-4-6-10)16(23)22(21-9)13-7-12(18)14(8-11(13)17)27(24,25)26;/h2-8,21H,1H3,(H,24,25,26);/q;+1/p-1. The minimum atomic E-state index is -4.80. The molecule has 0 aliphatic heterocycles. The molecule has 0 amide bonds. The number of azo groups is 1. The maximum atomic E-state index is 12.7. The van der Waals surface area contributed by atoms with Crippen LogP contribution in [0.25, 0.3) is 5.69 Å². The van der Waals surface area contributed by atoms with Crippen molar-refractivity contribution in [3.05, 3.63) is 68.6 Å². The van der Waals surface area contributed by atoms with Crippen LogP contribution in [0.15, 0.2) is 62.4 Å². The number of aromatic amines is 1. The number of rotatable bonds is 4. The maximum absolute atomic E-state index is 12.7. The van der Waals surface area contributed by atoms with Gasteiger partial charge in [0.05, 0.1) is 32.0 Å². The van der Waals surface area contributed by atoms with E-state index in [9.17, 15) is 17.8 Å². The molecule has 2 aromatic carbocycles. The summed E-state index contributed by atoms with van der Waals surface area (Å²) < 4.78 is 34.6. The van der Waals surface area contributed by atoms with E-state index < -0.39 is 20.6 Å². The van der Waals surface area contributed by atoms with Gasteiger partial charge < -0.3 is 4.55 Å². The van der Waals surface area contributed by atoms with Gasteiger partial charge in [0.25, 0.3) is 5.56 Å². The largest absolute Gasteiger partial charge is 1.00 e. The first kappa shape index (κ1) is 22.8. The van der Waals surface area contributed by atoms with E-state index in [2.05, 4.69) is 15.3 Å². The Morgan fingerprint density at radius 2 is 1.71 bits per heavy atom. The van der Waals surface area contributed by atoms with Crippen molar-refractivity contribution in [3.63, 3.8) is 0 Å².